The van der Waals surface area contributed by atoms with Crippen molar-refractivity contribution >= 4 is 35.1 Å². The summed E-state index contributed by atoms with van der Waals surface area (Å²) in [6, 6.07) is 14.0. The molecule has 1 nitrogen and oxygen atoms in total. The summed E-state index contributed by atoms with van der Waals surface area (Å²) in [5.74, 6) is -0.243. The third kappa shape index (κ3) is 3.38. The first-order chi connectivity index (χ1) is 10.2. The van der Waals surface area contributed by atoms with Crippen LogP contribution in [0, 0.1) is 5.82 Å². The number of halogens is 2. The van der Waals surface area contributed by atoms with E-state index in [0.717, 1.165) is 21.8 Å². The highest BCUT2D eigenvalue weighted by molar-refractivity contribution is 7.10. The van der Waals surface area contributed by atoms with Gasteiger partial charge in [0.05, 0.1) is 5.69 Å². The molecule has 0 fully saturated rings. The van der Waals surface area contributed by atoms with Gasteiger partial charge in [-0.3, -0.25) is 0 Å². The lowest BCUT2D eigenvalue weighted by atomic mass is 10.2. The molecule has 1 heterocycles. The molecule has 0 saturated carbocycles. The Morgan fingerprint density at radius 3 is 2.52 bits per heavy atom. The van der Waals surface area contributed by atoms with Crippen LogP contribution in [-0.4, -0.2) is 4.98 Å². The number of aromatic nitrogens is 1. The van der Waals surface area contributed by atoms with E-state index in [1.54, 1.807) is 12.1 Å². The summed E-state index contributed by atoms with van der Waals surface area (Å²) in [6.45, 7) is 0. The number of nitrogens with zero attached hydrogens (tertiary/aromatic N) is 1. The number of hydrogen-bond donors (Lipinski definition) is 0. The van der Waals surface area contributed by atoms with Crippen LogP contribution in [0.15, 0.2) is 53.9 Å². The molecule has 0 aliphatic heterocycles. The van der Waals surface area contributed by atoms with Crippen LogP contribution >= 0.6 is 22.9 Å². The molecule has 0 aliphatic carbocycles. The molecule has 0 N–H and O–H groups in total. The van der Waals surface area contributed by atoms with Crippen molar-refractivity contribution in [2.75, 3.05) is 0 Å². The summed E-state index contributed by atoms with van der Waals surface area (Å²) >= 11 is 7.64. The molecule has 104 valence electrons. The maximum absolute atomic E-state index is 12.9. The van der Waals surface area contributed by atoms with E-state index in [-0.39, 0.29) is 5.82 Å². The van der Waals surface area contributed by atoms with E-state index in [2.05, 4.69) is 4.98 Å². The second kappa shape index (κ2) is 6.20. The SMILES string of the molecule is Fc1ccc(-c2csc(/C=C/c3ccccc3Cl)n2)cc1. The molecule has 3 rings (SSSR count). The summed E-state index contributed by atoms with van der Waals surface area (Å²) in [7, 11) is 0. The van der Waals surface area contributed by atoms with E-state index in [1.165, 1.54) is 23.5 Å². The number of hydrogen-bond acceptors (Lipinski definition) is 2. The van der Waals surface area contributed by atoms with Gasteiger partial charge in [-0.15, -0.1) is 11.3 Å². The summed E-state index contributed by atoms with van der Waals surface area (Å²) in [5, 5.41) is 3.55. The van der Waals surface area contributed by atoms with Gasteiger partial charge in [0.15, 0.2) is 0 Å². The zero-order chi connectivity index (χ0) is 14.7. The van der Waals surface area contributed by atoms with Crippen molar-refractivity contribution in [3.05, 3.63) is 75.3 Å². The molecule has 21 heavy (non-hydrogen) atoms. The Balaban J connectivity index is 1.82. The topological polar surface area (TPSA) is 12.9 Å². The lowest BCUT2D eigenvalue weighted by Gasteiger charge is -1.96. The van der Waals surface area contributed by atoms with Gasteiger partial charge in [-0.2, -0.15) is 0 Å². The first-order valence-corrected chi connectivity index (χ1v) is 7.62. The van der Waals surface area contributed by atoms with E-state index >= 15 is 0 Å². The molecule has 0 unspecified atom stereocenters. The summed E-state index contributed by atoms with van der Waals surface area (Å²) < 4.78 is 12.9. The maximum Gasteiger partial charge on any atom is 0.123 e. The molecule has 0 amide bonds. The van der Waals surface area contributed by atoms with Gasteiger partial charge in [0.25, 0.3) is 0 Å². The van der Waals surface area contributed by atoms with Crippen molar-refractivity contribution in [1.29, 1.82) is 0 Å². The Kier molecular flexibility index (Phi) is 4.13. The van der Waals surface area contributed by atoms with Gasteiger partial charge in [-0.25, -0.2) is 9.37 Å². The van der Waals surface area contributed by atoms with E-state index in [0.29, 0.717) is 5.02 Å². The Morgan fingerprint density at radius 1 is 1.00 bits per heavy atom. The molecule has 4 heteroatoms. The van der Waals surface area contributed by atoms with Crippen LogP contribution in [0.1, 0.15) is 10.6 Å². The second-order valence-electron chi connectivity index (χ2n) is 4.43. The second-order valence-corrected chi connectivity index (χ2v) is 5.73. The molecular weight excluding hydrogens is 305 g/mol. The largest absolute Gasteiger partial charge is 0.237 e. The average molecular weight is 316 g/mol. The van der Waals surface area contributed by atoms with Crippen molar-refractivity contribution in [2.24, 2.45) is 0 Å². The van der Waals surface area contributed by atoms with E-state index in [9.17, 15) is 4.39 Å². The van der Waals surface area contributed by atoms with Crippen LogP contribution in [0.4, 0.5) is 4.39 Å². The summed E-state index contributed by atoms with van der Waals surface area (Å²) in [4.78, 5) is 4.52. The van der Waals surface area contributed by atoms with Crippen molar-refractivity contribution < 1.29 is 4.39 Å². The number of benzene rings is 2. The highest BCUT2D eigenvalue weighted by Crippen LogP contribution is 2.24. The van der Waals surface area contributed by atoms with Crippen LogP contribution in [0.5, 0.6) is 0 Å². The minimum atomic E-state index is -0.243. The third-order valence-electron chi connectivity index (χ3n) is 2.97. The third-order valence-corrected chi connectivity index (χ3v) is 4.13. The van der Waals surface area contributed by atoms with Gasteiger partial charge in [0.1, 0.15) is 10.8 Å². The number of thiazole rings is 1. The van der Waals surface area contributed by atoms with Crippen molar-refractivity contribution in [1.82, 2.24) is 4.98 Å². The van der Waals surface area contributed by atoms with Crippen LogP contribution in [-0.2, 0) is 0 Å². The van der Waals surface area contributed by atoms with Crippen molar-refractivity contribution in [3.63, 3.8) is 0 Å². The molecule has 0 saturated heterocycles. The molecule has 2 aromatic carbocycles. The van der Waals surface area contributed by atoms with E-state index in [4.69, 9.17) is 11.6 Å². The van der Waals surface area contributed by atoms with E-state index in [1.807, 2.05) is 41.8 Å². The van der Waals surface area contributed by atoms with Crippen LogP contribution in [0.2, 0.25) is 5.02 Å². The lowest BCUT2D eigenvalue weighted by Crippen LogP contribution is -1.79. The average Bonchev–Trinajstić information content (AvgIpc) is 2.96. The zero-order valence-corrected chi connectivity index (χ0v) is 12.5. The molecule has 1 aromatic heterocycles. The zero-order valence-electron chi connectivity index (χ0n) is 11.0. The first kappa shape index (κ1) is 14.0. The fourth-order valence-corrected chi connectivity index (χ4v) is 2.81. The molecule has 0 aliphatic rings. The predicted molar refractivity (Wildman–Crippen MR) is 87.9 cm³/mol. The summed E-state index contributed by atoms with van der Waals surface area (Å²) in [6.07, 6.45) is 3.87. The van der Waals surface area contributed by atoms with Gasteiger partial charge in [0.2, 0.25) is 0 Å². The van der Waals surface area contributed by atoms with Gasteiger partial charge in [-0.1, -0.05) is 35.9 Å². The molecule has 0 spiro atoms. The maximum atomic E-state index is 12.9. The van der Waals surface area contributed by atoms with Crippen LogP contribution in [0.3, 0.4) is 0 Å². The molecular formula is C17H11ClFNS. The van der Waals surface area contributed by atoms with Crippen molar-refractivity contribution in [3.8, 4) is 11.3 Å². The quantitative estimate of drug-likeness (QED) is 0.597. The molecule has 0 bridgehead atoms. The standard InChI is InChI=1S/C17H11ClFNS/c18-15-4-2-1-3-12(15)7-10-17-20-16(11-21-17)13-5-8-14(19)9-6-13/h1-11H/b10-7+. The Morgan fingerprint density at radius 2 is 1.76 bits per heavy atom. The molecule has 3 aromatic rings. The van der Waals surface area contributed by atoms with Gasteiger partial charge >= 0.3 is 0 Å². The molecule has 0 atom stereocenters. The Bertz CT molecular complexity index is 777. The minimum absolute atomic E-state index is 0.243. The summed E-state index contributed by atoms with van der Waals surface area (Å²) in [5.41, 5.74) is 2.71. The van der Waals surface area contributed by atoms with Crippen LogP contribution < -0.4 is 0 Å². The fourth-order valence-electron chi connectivity index (χ4n) is 1.89. The van der Waals surface area contributed by atoms with Gasteiger partial charge in [0, 0.05) is 16.0 Å². The van der Waals surface area contributed by atoms with Gasteiger partial charge < -0.3 is 0 Å². The Labute approximate surface area is 131 Å². The van der Waals surface area contributed by atoms with E-state index < -0.39 is 0 Å². The molecule has 0 radical (unpaired) electrons. The normalized spacial score (nSPS) is 11.1. The van der Waals surface area contributed by atoms with Crippen molar-refractivity contribution in [2.45, 2.75) is 0 Å². The monoisotopic (exact) mass is 315 g/mol. The predicted octanol–water partition coefficient (Wildman–Crippen LogP) is 5.77. The first-order valence-electron chi connectivity index (χ1n) is 6.36. The highest BCUT2D eigenvalue weighted by atomic mass is 35.5. The van der Waals surface area contributed by atoms with Crippen LogP contribution in [0.25, 0.3) is 23.4 Å². The lowest BCUT2D eigenvalue weighted by molar-refractivity contribution is 0.628. The van der Waals surface area contributed by atoms with Gasteiger partial charge in [-0.05, 0) is 42.0 Å². The smallest absolute Gasteiger partial charge is 0.123 e. The fraction of sp³-hybridized carbons (Fsp3) is 0. The number of rotatable bonds is 3. The Hall–Kier alpha value is -1.97. The minimum Gasteiger partial charge on any atom is -0.237 e. The highest BCUT2D eigenvalue weighted by Gasteiger charge is 2.03.